The van der Waals surface area contributed by atoms with Crippen LogP contribution in [0.25, 0.3) is 0 Å². The van der Waals surface area contributed by atoms with Gasteiger partial charge in [0.25, 0.3) is 0 Å². The van der Waals surface area contributed by atoms with Gasteiger partial charge in [-0.25, -0.2) is 4.79 Å². The molecular weight excluding hydrogens is 700 g/mol. The molecule has 1 unspecified atom stereocenters. The maximum absolute atomic E-state index is 12.9. The van der Waals surface area contributed by atoms with Crippen LogP contribution in [0.15, 0.2) is 23.8 Å². The molecular formula is C37H56O16. The van der Waals surface area contributed by atoms with Crippen molar-refractivity contribution < 1.29 is 77.9 Å². The van der Waals surface area contributed by atoms with Crippen molar-refractivity contribution in [1.29, 1.82) is 0 Å². The predicted molar refractivity (Wildman–Crippen MR) is 182 cm³/mol. The Balaban J connectivity index is 1.79. The fourth-order valence-electron chi connectivity index (χ4n) is 7.71. The fourth-order valence-corrected chi connectivity index (χ4v) is 7.71. The Kier molecular flexibility index (Phi) is 13.2. The molecule has 0 saturated carbocycles. The van der Waals surface area contributed by atoms with Crippen LogP contribution < -0.4 is 0 Å². The lowest BCUT2D eigenvalue weighted by Crippen LogP contribution is -2.63. The number of hydrogen-bond acceptors (Lipinski definition) is 16. The van der Waals surface area contributed by atoms with E-state index in [0.717, 1.165) is 13.0 Å². The van der Waals surface area contributed by atoms with Crippen molar-refractivity contribution in [2.75, 3.05) is 20.3 Å². The number of methoxy groups -OCH3 is 1. The van der Waals surface area contributed by atoms with Crippen molar-refractivity contribution in [3.63, 3.8) is 0 Å². The lowest BCUT2D eigenvalue weighted by atomic mass is 9.70. The Hall–Kier alpha value is -2.96. The fraction of sp³-hybridized carbons (Fsp3) is 0.784. The Labute approximate surface area is 309 Å². The van der Waals surface area contributed by atoms with Crippen LogP contribution in [-0.4, -0.2) is 130 Å². The highest BCUT2D eigenvalue weighted by molar-refractivity contribution is 5.83. The van der Waals surface area contributed by atoms with E-state index >= 15 is 0 Å². The van der Waals surface area contributed by atoms with E-state index in [1.54, 1.807) is 39.8 Å². The van der Waals surface area contributed by atoms with Crippen molar-refractivity contribution in [1.82, 2.24) is 0 Å². The molecule has 0 aliphatic carbocycles. The van der Waals surface area contributed by atoms with Gasteiger partial charge < -0.3 is 58.7 Å². The molecule has 16 nitrogen and oxygen atoms in total. The van der Waals surface area contributed by atoms with E-state index in [2.05, 4.69) is 0 Å². The first-order valence-corrected chi connectivity index (χ1v) is 18.0. The van der Waals surface area contributed by atoms with Crippen LogP contribution in [0, 0.1) is 10.8 Å². The Bertz CT molecular complexity index is 1420. The number of aliphatic hydroxyl groups is 5. The van der Waals surface area contributed by atoms with Crippen molar-refractivity contribution in [2.45, 2.75) is 153 Å². The summed E-state index contributed by atoms with van der Waals surface area (Å²) in [6.45, 7) is 8.04. The Morgan fingerprint density at radius 3 is 2.23 bits per heavy atom. The SMILES string of the molecule is COC(=O)/C=C1\C[C@H]2CCOC(=O)C[C@H](O)C[C@@H]3C[C@H](OC(C)=O)C(C)(C)[C@](O)(C[C@@H]4C[C@@](O)(CO)CC(/C=C/C(C)(C)[C@](O)(O2)[C@H]1OC(C)=O)O4)O3. The molecule has 4 aliphatic rings. The maximum atomic E-state index is 12.9. The molecule has 0 spiro atoms. The number of esters is 4. The van der Waals surface area contributed by atoms with E-state index in [1.807, 2.05) is 0 Å². The number of cyclic esters (lactones) is 1. The monoisotopic (exact) mass is 756 g/mol. The minimum atomic E-state index is -2.32. The number of rotatable bonds is 4. The molecule has 0 amide bonds. The van der Waals surface area contributed by atoms with Gasteiger partial charge in [-0.05, 0) is 12.0 Å². The van der Waals surface area contributed by atoms with Gasteiger partial charge in [0.15, 0.2) is 11.9 Å². The maximum Gasteiger partial charge on any atom is 0.330 e. The van der Waals surface area contributed by atoms with Gasteiger partial charge in [-0.15, -0.1) is 0 Å². The van der Waals surface area contributed by atoms with E-state index in [1.165, 1.54) is 14.0 Å². The first kappa shape index (κ1) is 42.8. The van der Waals surface area contributed by atoms with Crippen molar-refractivity contribution in [3.8, 4) is 0 Å². The van der Waals surface area contributed by atoms with E-state index in [0.29, 0.717) is 0 Å². The molecule has 0 aromatic rings. The highest BCUT2D eigenvalue weighted by atomic mass is 16.7. The molecule has 16 heteroatoms. The summed E-state index contributed by atoms with van der Waals surface area (Å²) in [6.07, 6.45) is -3.87. The smallest absolute Gasteiger partial charge is 0.330 e. The second kappa shape index (κ2) is 16.4. The number of ether oxygens (including phenoxy) is 7. The number of carbonyl (C=O) groups is 4. The molecule has 0 radical (unpaired) electrons. The molecule has 5 N–H and O–H groups in total. The van der Waals surface area contributed by atoms with Gasteiger partial charge in [-0.3, -0.25) is 14.4 Å². The van der Waals surface area contributed by atoms with Crippen molar-refractivity contribution in [3.05, 3.63) is 23.8 Å². The normalized spacial score (nSPS) is 40.6. The number of fused-ring (bicyclic) bond motifs is 6. The zero-order chi connectivity index (χ0) is 39.6. The average molecular weight is 757 g/mol. The van der Waals surface area contributed by atoms with Crippen LogP contribution in [-0.2, 0) is 52.3 Å². The van der Waals surface area contributed by atoms with Gasteiger partial charge in [-0.2, -0.15) is 0 Å². The summed E-state index contributed by atoms with van der Waals surface area (Å²) in [5.41, 5.74) is -4.14. The third kappa shape index (κ3) is 9.84. The summed E-state index contributed by atoms with van der Waals surface area (Å²) in [4.78, 5) is 49.8. The van der Waals surface area contributed by atoms with E-state index in [-0.39, 0.29) is 57.1 Å². The van der Waals surface area contributed by atoms with Crippen LogP contribution in [0.2, 0.25) is 0 Å². The first-order chi connectivity index (χ1) is 24.5. The van der Waals surface area contributed by atoms with Crippen LogP contribution >= 0.6 is 0 Å². The number of hydrogen-bond donors (Lipinski definition) is 5. The lowest BCUT2D eigenvalue weighted by molar-refractivity contribution is -0.351. The zero-order valence-electron chi connectivity index (χ0n) is 31.6. The summed E-state index contributed by atoms with van der Waals surface area (Å²) < 4.78 is 40.3. The van der Waals surface area contributed by atoms with Crippen LogP contribution in [0.3, 0.4) is 0 Å². The topological polar surface area (TPSA) is 234 Å². The number of carbonyl (C=O) groups excluding carboxylic acids is 4. The van der Waals surface area contributed by atoms with Crippen molar-refractivity contribution >= 4 is 23.9 Å². The zero-order valence-corrected chi connectivity index (χ0v) is 31.6. The molecule has 0 aromatic heterocycles. The van der Waals surface area contributed by atoms with Crippen LogP contribution in [0.5, 0.6) is 0 Å². The van der Waals surface area contributed by atoms with E-state index in [9.17, 15) is 44.7 Å². The highest BCUT2D eigenvalue weighted by Gasteiger charge is 2.59. The number of aliphatic hydroxyl groups excluding tert-OH is 2. The minimum absolute atomic E-state index is 0.00590. The molecule has 10 atom stereocenters. The third-order valence-corrected chi connectivity index (χ3v) is 10.9. The van der Waals surface area contributed by atoms with Crippen molar-refractivity contribution in [2.24, 2.45) is 10.8 Å². The largest absolute Gasteiger partial charge is 0.466 e. The van der Waals surface area contributed by atoms with Gasteiger partial charge in [0, 0.05) is 63.9 Å². The third-order valence-electron chi connectivity index (χ3n) is 10.9. The lowest BCUT2D eigenvalue weighted by Gasteiger charge is -2.54. The standard InChI is InChI=1S/C37H56O16/c1-21(39)49-29-16-27-14-24(41)15-31(43)48-11-9-25-12-23(13-30(42)47-7)32(50-22(2)40)37(46,53-25)33(3,4)10-8-26-17-35(44,20-38)18-28(51-26)19-36(45,52-27)34(29,5)6/h8,10,13,24-29,32,38,41,44-46H,9,11-12,14-20H2,1-7H3/b10-8+,23-13+/t24-,25-,26?,27-,28+,29+,32+,35-,36+,37-/m1/s1. The first-order valence-electron chi connectivity index (χ1n) is 18.0. The molecule has 6 bridgehead atoms. The van der Waals surface area contributed by atoms with Gasteiger partial charge in [-0.1, -0.05) is 39.8 Å². The van der Waals surface area contributed by atoms with Gasteiger partial charge in [0.1, 0.15) is 6.10 Å². The van der Waals surface area contributed by atoms with E-state index < -0.39 is 108 Å². The summed E-state index contributed by atoms with van der Waals surface area (Å²) in [5.74, 6) is -7.25. The predicted octanol–water partition coefficient (Wildman–Crippen LogP) is 1.26. The molecule has 4 heterocycles. The second-order valence-corrected chi connectivity index (χ2v) is 15.9. The highest BCUT2D eigenvalue weighted by Crippen LogP contribution is 2.50. The van der Waals surface area contributed by atoms with E-state index in [4.69, 9.17) is 33.2 Å². The van der Waals surface area contributed by atoms with Gasteiger partial charge >= 0.3 is 23.9 Å². The average Bonchev–Trinajstić information content (AvgIpc) is 3.03. The van der Waals surface area contributed by atoms with Gasteiger partial charge in [0.2, 0.25) is 5.79 Å². The molecule has 4 aliphatic heterocycles. The summed E-state index contributed by atoms with van der Waals surface area (Å²) >= 11 is 0. The van der Waals surface area contributed by atoms with Crippen LogP contribution in [0.4, 0.5) is 0 Å². The Morgan fingerprint density at radius 1 is 0.925 bits per heavy atom. The molecule has 3 fully saturated rings. The molecule has 0 aromatic carbocycles. The van der Waals surface area contributed by atoms with Crippen LogP contribution in [0.1, 0.15) is 92.9 Å². The molecule has 53 heavy (non-hydrogen) atoms. The molecule has 3 saturated heterocycles. The summed E-state index contributed by atoms with van der Waals surface area (Å²) in [7, 11) is 1.17. The minimum Gasteiger partial charge on any atom is -0.466 e. The summed E-state index contributed by atoms with van der Waals surface area (Å²) in [5, 5.41) is 57.3. The molecule has 300 valence electrons. The molecule has 4 rings (SSSR count). The quantitative estimate of drug-likeness (QED) is 0.118. The van der Waals surface area contributed by atoms with Gasteiger partial charge in [0.05, 0.1) is 68.3 Å². The summed E-state index contributed by atoms with van der Waals surface area (Å²) in [6, 6.07) is 0. The Morgan fingerprint density at radius 2 is 1.60 bits per heavy atom. The second-order valence-electron chi connectivity index (χ2n) is 15.9.